The van der Waals surface area contributed by atoms with E-state index in [9.17, 15) is 18.4 Å². The number of hydrogen-bond acceptors (Lipinski definition) is 3. The molecule has 2 heterocycles. The van der Waals surface area contributed by atoms with Crippen LogP contribution in [0.15, 0.2) is 12.3 Å². The first-order chi connectivity index (χ1) is 8.58. The van der Waals surface area contributed by atoms with E-state index in [-0.39, 0.29) is 17.5 Å². The summed E-state index contributed by atoms with van der Waals surface area (Å²) in [5, 5.41) is 5.12. The average Bonchev–Trinajstić information content (AvgIpc) is 2.35. The molecule has 0 radical (unpaired) electrons. The fraction of sp³-hybridized carbons (Fsp3) is 0.364. The number of nitrogens with one attached hydrogen (secondary N) is 2. The summed E-state index contributed by atoms with van der Waals surface area (Å²) in [5.41, 5.74) is -0.389. The van der Waals surface area contributed by atoms with Crippen LogP contribution in [0.1, 0.15) is 23.2 Å². The van der Waals surface area contributed by atoms with Crippen molar-refractivity contribution in [3.8, 4) is 0 Å². The highest BCUT2D eigenvalue weighted by molar-refractivity contribution is 5.94. The molecule has 1 atom stereocenters. The molecular weight excluding hydrogens is 244 g/mol. The SMILES string of the molecule is O=C1CCC(NC(=O)c2ccnc(F)c2F)CN1. The van der Waals surface area contributed by atoms with Crippen molar-refractivity contribution in [3.63, 3.8) is 0 Å². The minimum atomic E-state index is -1.31. The molecule has 0 aromatic carbocycles. The predicted octanol–water partition coefficient (Wildman–Crippen LogP) is 0.368. The van der Waals surface area contributed by atoms with Crippen LogP contribution in [0.4, 0.5) is 8.78 Å². The van der Waals surface area contributed by atoms with Gasteiger partial charge in [0.2, 0.25) is 11.9 Å². The summed E-state index contributed by atoms with van der Waals surface area (Å²) in [5.74, 6) is -3.37. The summed E-state index contributed by atoms with van der Waals surface area (Å²) in [7, 11) is 0. The Morgan fingerprint density at radius 2 is 2.28 bits per heavy atom. The molecule has 5 nitrogen and oxygen atoms in total. The summed E-state index contributed by atoms with van der Waals surface area (Å²) < 4.78 is 26.1. The zero-order chi connectivity index (χ0) is 13.1. The molecule has 0 bridgehead atoms. The molecule has 0 aliphatic carbocycles. The quantitative estimate of drug-likeness (QED) is 0.750. The Morgan fingerprint density at radius 1 is 1.50 bits per heavy atom. The Bertz CT molecular complexity index is 483. The number of piperidine rings is 1. The molecule has 2 rings (SSSR count). The summed E-state index contributed by atoms with van der Waals surface area (Å²) >= 11 is 0. The monoisotopic (exact) mass is 255 g/mol. The van der Waals surface area contributed by atoms with E-state index in [1.54, 1.807) is 0 Å². The van der Waals surface area contributed by atoms with Gasteiger partial charge in [-0.05, 0) is 12.5 Å². The van der Waals surface area contributed by atoms with Gasteiger partial charge in [-0.25, -0.2) is 9.37 Å². The Hall–Kier alpha value is -2.05. The third kappa shape index (κ3) is 2.61. The lowest BCUT2D eigenvalue weighted by Gasteiger charge is -2.23. The van der Waals surface area contributed by atoms with Crippen LogP contribution in [0.2, 0.25) is 0 Å². The molecule has 7 heteroatoms. The van der Waals surface area contributed by atoms with Gasteiger partial charge in [0.05, 0.1) is 5.56 Å². The standard InChI is InChI=1S/C11H11F2N3O2/c12-9-7(3-4-14-10(9)13)11(18)16-6-1-2-8(17)15-5-6/h3-4,6H,1-2,5H2,(H,15,17)(H,16,18). The highest BCUT2D eigenvalue weighted by Crippen LogP contribution is 2.10. The summed E-state index contributed by atoms with van der Waals surface area (Å²) in [6.07, 6.45) is 1.81. The van der Waals surface area contributed by atoms with Gasteiger partial charge in [0.25, 0.3) is 5.91 Å². The van der Waals surface area contributed by atoms with Crippen LogP contribution in [0.3, 0.4) is 0 Å². The van der Waals surface area contributed by atoms with E-state index in [0.717, 1.165) is 12.3 Å². The lowest BCUT2D eigenvalue weighted by molar-refractivity contribution is -0.122. The van der Waals surface area contributed by atoms with E-state index in [4.69, 9.17) is 0 Å². The van der Waals surface area contributed by atoms with Crippen molar-refractivity contribution >= 4 is 11.8 Å². The van der Waals surface area contributed by atoms with Crippen molar-refractivity contribution < 1.29 is 18.4 Å². The lowest BCUT2D eigenvalue weighted by atomic mass is 10.1. The Balaban J connectivity index is 2.03. The zero-order valence-electron chi connectivity index (χ0n) is 9.37. The number of nitrogens with zero attached hydrogens (tertiary/aromatic N) is 1. The fourth-order valence-corrected chi connectivity index (χ4v) is 1.71. The molecule has 2 amide bonds. The molecule has 0 saturated carbocycles. The molecule has 1 aromatic rings. The Labute approximate surface area is 102 Å². The van der Waals surface area contributed by atoms with Gasteiger partial charge in [0.15, 0.2) is 5.82 Å². The smallest absolute Gasteiger partial charge is 0.254 e. The first kappa shape index (κ1) is 12.4. The topological polar surface area (TPSA) is 71.1 Å². The molecule has 1 unspecified atom stereocenters. The number of hydrogen-bond donors (Lipinski definition) is 2. The maximum atomic E-state index is 13.3. The van der Waals surface area contributed by atoms with Crippen molar-refractivity contribution in [2.24, 2.45) is 0 Å². The average molecular weight is 255 g/mol. The second-order valence-electron chi connectivity index (χ2n) is 3.98. The Kier molecular flexibility index (Phi) is 3.50. The molecule has 1 saturated heterocycles. The van der Waals surface area contributed by atoms with E-state index in [1.165, 1.54) is 0 Å². The van der Waals surface area contributed by atoms with E-state index < -0.39 is 17.7 Å². The molecule has 1 fully saturated rings. The van der Waals surface area contributed by atoms with Crippen LogP contribution >= 0.6 is 0 Å². The van der Waals surface area contributed by atoms with Crippen LogP contribution in [0, 0.1) is 11.8 Å². The van der Waals surface area contributed by atoms with Crippen LogP contribution in [0.5, 0.6) is 0 Å². The largest absolute Gasteiger partial charge is 0.354 e. The first-order valence-electron chi connectivity index (χ1n) is 5.45. The number of carbonyl (C=O) groups excluding carboxylic acids is 2. The minimum Gasteiger partial charge on any atom is -0.354 e. The number of pyridine rings is 1. The van der Waals surface area contributed by atoms with E-state index in [1.807, 2.05) is 0 Å². The van der Waals surface area contributed by atoms with Crippen molar-refractivity contribution in [1.29, 1.82) is 0 Å². The predicted molar refractivity (Wildman–Crippen MR) is 57.7 cm³/mol. The third-order valence-corrected chi connectivity index (χ3v) is 2.69. The third-order valence-electron chi connectivity index (χ3n) is 2.69. The summed E-state index contributed by atoms with van der Waals surface area (Å²) in [4.78, 5) is 25.7. The second-order valence-corrected chi connectivity index (χ2v) is 3.98. The van der Waals surface area contributed by atoms with Gasteiger partial charge in [0.1, 0.15) is 0 Å². The molecule has 96 valence electrons. The van der Waals surface area contributed by atoms with Crippen LogP contribution in [0.25, 0.3) is 0 Å². The van der Waals surface area contributed by atoms with Gasteiger partial charge >= 0.3 is 0 Å². The molecule has 1 aliphatic rings. The lowest BCUT2D eigenvalue weighted by Crippen LogP contribution is -2.47. The highest BCUT2D eigenvalue weighted by atomic mass is 19.2. The van der Waals surface area contributed by atoms with Gasteiger partial charge in [-0.2, -0.15) is 4.39 Å². The van der Waals surface area contributed by atoms with Crippen molar-refractivity contribution in [3.05, 3.63) is 29.6 Å². The van der Waals surface area contributed by atoms with Crippen LogP contribution in [-0.2, 0) is 4.79 Å². The van der Waals surface area contributed by atoms with Crippen molar-refractivity contribution in [1.82, 2.24) is 15.6 Å². The van der Waals surface area contributed by atoms with Crippen molar-refractivity contribution in [2.45, 2.75) is 18.9 Å². The summed E-state index contributed by atoms with van der Waals surface area (Å²) in [6, 6.07) is 0.834. The van der Waals surface area contributed by atoms with E-state index >= 15 is 0 Å². The first-order valence-corrected chi connectivity index (χ1v) is 5.45. The number of rotatable bonds is 2. The van der Waals surface area contributed by atoms with Gasteiger partial charge in [0, 0.05) is 25.2 Å². The van der Waals surface area contributed by atoms with E-state index in [0.29, 0.717) is 19.4 Å². The molecular formula is C11H11F2N3O2. The molecule has 2 N–H and O–H groups in total. The molecule has 1 aliphatic heterocycles. The Morgan fingerprint density at radius 3 is 2.94 bits per heavy atom. The van der Waals surface area contributed by atoms with Gasteiger partial charge in [-0.1, -0.05) is 0 Å². The number of carbonyl (C=O) groups is 2. The second kappa shape index (κ2) is 5.07. The molecule has 1 aromatic heterocycles. The normalized spacial score (nSPS) is 19.2. The van der Waals surface area contributed by atoms with Crippen LogP contribution < -0.4 is 10.6 Å². The maximum absolute atomic E-state index is 13.3. The van der Waals surface area contributed by atoms with E-state index in [2.05, 4.69) is 15.6 Å². The number of aromatic nitrogens is 1. The number of amides is 2. The highest BCUT2D eigenvalue weighted by Gasteiger charge is 2.22. The minimum absolute atomic E-state index is 0.0818. The summed E-state index contributed by atoms with van der Waals surface area (Å²) in [6.45, 7) is 0.291. The zero-order valence-corrected chi connectivity index (χ0v) is 9.37. The number of halogens is 2. The van der Waals surface area contributed by atoms with Gasteiger partial charge in [-0.15, -0.1) is 0 Å². The fourth-order valence-electron chi connectivity index (χ4n) is 1.71. The van der Waals surface area contributed by atoms with Gasteiger partial charge < -0.3 is 10.6 Å². The molecule has 18 heavy (non-hydrogen) atoms. The maximum Gasteiger partial charge on any atom is 0.254 e. The van der Waals surface area contributed by atoms with Gasteiger partial charge in [-0.3, -0.25) is 9.59 Å². The van der Waals surface area contributed by atoms with Crippen LogP contribution in [-0.4, -0.2) is 29.4 Å². The molecule has 0 spiro atoms. The van der Waals surface area contributed by atoms with Crippen molar-refractivity contribution in [2.75, 3.05) is 6.54 Å².